The number of carbonyl (C=O) groups is 2. The fourth-order valence-electron chi connectivity index (χ4n) is 3.12. The van der Waals surface area contributed by atoms with Gasteiger partial charge in [-0.05, 0) is 50.2 Å². The van der Waals surface area contributed by atoms with E-state index in [0.717, 1.165) is 11.4 Å². The van der Waals surface area contributed by atoms with Crippen LogP contribution < -0.4 is 0 Å². The predicted octanol–water partition coefficient (Wildman–Crippen LogP) is 4.70. The molecule has 0 aliphatic rings. The topological polar surface area (TPSA) is 91.4 Å². The van der Waals surface area contributed by atoms with Gasteiger partial charge in [-0.15, -0.1) is 0 Å². The van der Waals surface area contributed by atoms with Crippen LogP contribution in [-0.2, 0) is 4.74 Å². The summed E-state index contributed by atoms with van der Waals surface area (Å²) >= 11 is 5.93. The Bertz CT molecular complexity index is 1100. The summed E-state index contributed by atoms with van der Waals surface area (Å²) < 4.78 is 6.94. The maximum atomic E-state index is 12.6. The number of halogens is 1. The zero-order valence-corrected chi connectivity index (χ0v) is 16.5. The Labute approximate surface area is 171 Å². The number of aromatic nitrogens is 1. The molecule has 0 saturated carbocycles. The Morgan fingerprint density at radius 2 is 1.72 bits per heavy atom. The van der Waals surface area contributed by atoms with Crippen LogP contribution in [0.3, 0.4) is 0 Å². The van der Waals surface area contributed by atoms with Crippen LogP contribution in [0.2, 0.25) is 5.02 Å². The first-order valence-electron chi connectivity index (χ1n) is 8.68. The van der Waals surface area contributed by atoms with Crippen molar-refractivity contribution in [3.8, 4) is 5.69 Å². The van der Waals surface area contributed by atoms with Crippen molar-refractivity contribution in [1.82, 2.24) is 4.57 Å². The molecule has 0 fully saturated rings. The van der Waals surface area contributed by atoms with E-state index in [1.165, 1.54) is 24.3 Å². The molecule has 0 amide bonds. The molecular weight excluding hydrogens is 396 g/mol. The number of ether oxygens (including phenoxy) is 1. The van der Waals surface area contributed by atoms with E-state index in [1.54, 1.807) is 25.1 Å². The lowest BCUT2D eigenvalue weighted by atomic mass is 10.1. The van der Waals surface area contributed by atoms with Crippen LogP contribution in [-0.4, -0.2) is 27.8 Å². The van der Waals surface area contributed by atoms with E-state index in [1.807, 2.05) is 23.6 Å². The fraction of sp³-hybridized carbons (Fsp3) is 0.143. The molecule has 8 heteroatoms. The molecule has 29 heavy (non-hydrogen) atoms. The number of aryl methyl sites for hydroxylation is 1. The van der Waals surface area contributed by atoms with Crippen LogP contribution in [0.15, 0.2) is 54.6 Å². The maximum absolute atomic E-state index is 12.6. The van der Waals surface area contributed by atoms with Crippen molar-refractivity contribution in [3.05, 3.63) is 92.2 Å². The number of esters is 1. The number of Topliss-reactive ketones (excluding diaryl/α,β-unsaturated/α-hetero) is 1. The Kier molecular flexibility index (Phi) is 5.79. The molecule has 0 aliphatic heterocycles. The minimum atomic E-state index is -0.919. The summed E-state index contributed by atoms with van der Waals surface area (Å²) in [4.78, 5) is 35.2. The highest BCUT2D eigenvalue weighted by Crippen LogP contribution is 2.23. The highest BCUT2D eigenvalue weighted by atomic mass is 35.5. The number of carbonyl (C=O) groups excluding carboxylic acids is 2. The van der Waals surface area contributed by atoms with E-state index < -0.39 is 23.3 Å². The average Bonchev–Trinajstić information content (AvgIpc) is 3.00. The molecule has 0 N–H and O–H groups in total. The molecule has 0 aliphatic carbocycles. The van der Waals surface area contributed by atoms with Crippen LogP contribution in [0.1, 0.15) is 32.1 Å². The van der Waals surface area contributed by atoms with Gasteiger partial charge in [0.05, 0.1) is 4.92 Å². The van der Waals surface area contributed by atoms with Gasteiger partial charge in [0, 0.05) is 33.7 Å². The number of hydrogen-bond acceptors (Lipinski definition) is 5. The first-order valence-corrected chi connectivity index (χ1v) is 9.06. The monoisotopic (exact) mass is 412 g/mol. The standard InChI is InChI=1S/C21H17ClN2O5/c1-13-11-18(14(2)23(13)16-9-7-15(22)8-10-16)20(25)12-29-21(26)17-5-3-4-6-19(17)24(27)28/h3-11H,12H2,1-2H3. The number of nitro groups is 1. The Balaban J connectivity index is 1.79. The second-order valence-electron chi connectivity index (χ2n) is 6.37. The highest BCUT2D eigenvalue weighted by molar-refractivity contribution is 6.30. The molecule has 0 bridgehead atoms. The molecule has 0 atom stereocenters. The van der Waals surface area contributed by atoms with Gasteiger partial charge in [0.15, 0.2) is 6.61 Å². The number of benzene rings is 2. The van der Waals surface area contributed by atoms with Gasteiger partial charge >= 0.3 is 5.97 Å². The van der Waals surface area contributed by atoms with E-state index in [9.17, 15) is 19.7 Å². The molecule has 0 spiro atoms. The lowest BCUT2D eigenvalue weighted by Gasteiger charge is -2.10. The highest BCUT2D eigenvalue weighted by Gasteiger charge is 2.23. The zero-order valence-electron chi connectivity index (χ0n) is 15.7. The summed E-state index contributed by atoms with van der Waals surface area (Å²) in [7, 11) is 0. The lowest BCUT2D eigenvalue weighted by Crippen LogP contribution is -2.16. The van der Waals surface area contributed by atoms with Crippen molar-refractivity contribution in [2.45, 2.75) is 13.8 Å². The third kappa shape index (κ3) is 4.20. The summed E-state index contributed by atoms with van der Waals surface area (Å²) in [6.45, 7) is 3.13. The van der Waals surface area contributed by atoms with Crippen molar-refractivity contribution in [2.75, 3.05) is 6.61 Å². The van der Waals surface area contributed by atoms with Gasteiger partial charge in [0.25, 0.3) is 5.69 Å². The van der Waals surface area contributed by atoms with E-state index >= 15 is 0 Å². The summed E-state index contributed by atoms with van der Waals surface area (Å²) in [6, 6.07) is 14.3. The first-order chi connectivity index (χ1) is 13.8. The van der Waals surface area contributed by atoms with Crippen molar-refractivity contribution >= 4 is 29.0 Å². The smallest absolute Gasteiger partial charge is 0.345 e. The number of hydrogen-bond donors (Lipinski definition) is 0. The minimum absolute atomic E-state index is 0.197. The second-order valence-corrected chi connectivity index (χ2v) is 6.81. The molecule has 2 aromatic carbocycles. The molecule has 3 rings (SSSR count). The third-order valence-electron chi connectivity index (χ3n) is 4.47. The number of rotatable bonds is 6. The van der Waals surface area contributed by atoms with Crippen molar-refractivity contribution < 1.29 is 19.2 Å². The number of ketones is 1. The molecule has 1 heterocycles. The summed E-state index contributed by atoms with van der Waals surface area (Å²) in [5.74, 6) is -1.32. The molecule has 0 saturated heterocycles. The van der Waals surface area contributed by atoms with Gasteiger partial charge in [-0.25, -0.2) is 4.79 Å². The second kappa shape index (κ2) is 8.28. The Morgan fingerprint density at radius 1 is 1.07 bits per heavy atom. The first kappa shape index (κ1) is 20.3. The molecule has 148 valence electrons. The lowest BCUT2D eigenvalue weighted by molar-refractivity contribution is -0.385. The van der Waals surface area contributed by atoms with Crippen LogP contribution in [0.25, 0.3) is 5.69 Å². The Hall–Kier alpha value is -3.45. The fourth-order valence-corrected chi connectivity index (χ4v) is 3.25. The third-order valence-corrected chi connectivity index (χ3v) is 4.72. The van der Waals surface area contributed by atoms with Gasteiger partial charge in [-0.3, -0.25) is 14.9 Å². The van der Waals surface area contributed by atoms with Crippen LogP contribution in [0.4, 0.5) is 5.69 Å². The van der Waals surface area contributed by atoms with Crippen LogP contribution in [0, 0.1) is 24.0 Å². The number of para-hydroxylation sites is 1. The normalized spacial score (nSPS) is 10.6. The van der Waals surface area contributed by atoms with Crippen molar-refractivity contribution in [2.24, 2.45) is 0 Å². The van der Waals surface area contributed by atoms with E-state index in [2.05, 4.69) is 0 Å². The van der Waals surface area contributed by atoms with Crippen LogP contribution >= 0.6 is 11.6 Å². The van der Waals surface area contributed by atoms with Crippen molar-refractivity contribution in [3.63, 3.8) is 0 Å². The SMILES string of the molecule is Cc1cc(C(=O)COC(=O)c2ccccc2[N+](=O)[O-])c(C)n1-c1ccc(Cl)cc1. The largest absolute Gasteiger partial charge is 0.454 e. The van der Waals surface area contributed by atoms with Gasteiger partial charge < -0.3 is 9.30 Å². The van der Waals surface area contributed by atoms with Gasteiger partial charge in [0.1, 0.15) is 5.56 Å². The van der Waals surface area contributed by atoms with E-state index in [0.29, 0.717) is 16.3 Å². The Morgan fingerprint density at radius 3 is 2.38 bits per heavy atom. The zero-order chi connectivity index (χ0) is 21.1. The molecule has 3 aromatic rings. The predicted molar refractivity (Wildman–Crippen MR) is 108 cm³/mol. The summed E-state index contributed by atoms with van der Waals surface area (Å²) in [5.41, 5.74) is 2.21. The molecule has 7 nitrogen and oxygen atoms in total. The summed E-state index contributed by atoms with van der Waals surface area (Å²) in [6.07, 6.45) is 0. The summed E-state index contributed by atoms with van der Waals surface area (Å²) in [5, 5.41) is 11.7. The molecular formula is C21H17ClN2O5. The van der Waals surface area contributed by atoms with Gasteiger partial charge in [-0.1, -0.05) is 23.7 Å². The van der Waals surface area contributed by atoms with Crippen molar-refractivity contribution in [1.29, 1.82) is 0 Å². The quantitative estimate of drug-likeness (QED) is 0.253. The van der Waals surface area contributed by atoms with E-state index in [4.69, 9.17) is 16.3 Å². The molecule has 1 aromatic heterocycles. The van der Waals surface area contributed by atoms with Crippen LogP contribution in [0.5, 0.6) is 0 Å². The van der Waals surface area contributed by atoms with Gasteiger partial charge in [0.2, 0.25) is 5.78 Å². The van der Waals surface area contributed by atoms with Gasteiger partial charge in [-0.2, -0.15) is 0 Å². The molecule has 0 unspecified atom stereocenters. The minimum Gasteiger partial charge on any atom is -0.454 e. The number of nitrogens with zero attached hydrogens (tertiary/aromatic N) is 2. The maximum Gasteiger partial charge on any atom is 0.345 e. The molecule has 0 radical (unpaired) electrons. The van der Waals surface area contributed by atoms with E-state index in [-0.39, 0.29) is 11.3 Å². The average molecular weight is 413 g/mol. The number of nitro benzene ring substituents is 1.